The second kappa shape index (κ2) is 5.31. The minimum absolute atomic E-state index is 0.241. The van der Waals surface area contributed by atoms with Gasteiger partial charge in [0.05, 0.1) is 30.3 Å². The Morgan fingerprint density at radius 3 is 3.16 bits per heavy atom. The summed E-state index contributed by atoms with van der Waals surface area (Å²) in [5.41, 5.74) is 1.09. The zero-order valence-electron chi connectivity index (χ0n) is 11.2. The van der Waals surface area contributed by atoms with E-state index in [2.05, 4.69) is 23.1 Å². The van der Waals surface area contributed by atoms with Gasteiger partial charge in [-0.1, -0.05) is 6.92 Å². The monoisotopic (exact) mass is 299 g/mol. The molecule has 2 unspecified atom stereocenters. The summed E-state index contributed by atoms with van der Waals surface area (Å²) < 4.78 is 7.85. The third-order valence-corrected chi connectivity index (χ3v) is 4.69. The van der Waals surface area contributed by atoms with Crippen LogP contribution in [0.1, 0.15) is 26.0 Å². The maximum atomic E-state index is 6.14. The number of alkyl halides is 1. The van der Waals surface area contributed by atoms with E-state index in [1.807, 2.05) is 11.6 Å². The molecule has 1 saturated heterocycles. The zero-order chi connectivity index (χ0) is 13.4. The number of anilines is 1. The number of aromatic nitrogens is 2. The van der Waals surface area contributed by atoms with E-state index in [-0.39, 0.29) is 6.10 Å². The van der Waals surface area contributed by atoms with Gasteiger partial charge in [0.1, 0.15) is 0 Å². The third kappa shape index (κ3) is 2.24. The highest BCUT2D eigenvalue weighted by molar-refractivity contribution is 7.15. The smallest absolute Gasteiger partial charge is 0.195 e. The van der Waals surface area contributed by atoms with Crippen LogP contribution in [0.3, 0.4) is 0 Å². The van der Waals surface area contributed by atoms with Crippen molar-refractivity contribution in [1.29, 1.82) is 0 Å². The van der Waals surface area contributed by atoms with E-state index in [1.54, 1.807) is 11.3 Å². The van der Waals surface area contributed by atoms with Crippen LogP contribution in [0.5, 0.6) is 0 Å². The standard InChI is InChI=1S/C13H18ClN3OS/c1-3-10-8-18-9(2)7-17(10)12-11(6-14)16-4-5-19-13(16)15-12/h4-5,9-10H,3,6-8H2,1-2H3. The average molecular weight is 300 g/mol. The summed E-state index contributed by atoms with van der Waals surface area (Å²) >= 11 is 7.79. The number of imidazole rings is 1. The molecule has 0 aromatic carbocycles. The highest BCUT2D eigenvalue weighted by Crippen LogP contribution is 2.30. The summed E-state index contributed by atoms with van der Waals surface area (Å²) in [6, 6.07) is 0.391. The molecule has 19 heavy (non-hydrogen) atoms. The fraction of sp³-hybridized carbons (Fsp3) is 0.615. The van der Waals surface area contributed by atoms with Gasteiger partial charge < -0.3 is 9.64 Å². The van der Waals surface area contributed by atoms with Gasteiger partial charge in [0.2, 0.25) is 0 Å². The maximum absolute atomic E-state index is 6.14. The number of nitrogens with zero attached hydrogens (tertiary/aromatic N) is 3. The highest BCUT2D eigenvalue weighted by Gasteiger charge is 2.29. The first-order chi connectivity index (χ1) is 9.24. The van der Waals surface area contributed by atoms with Crippen LogP contribution >= 0.6 is 22.9 Å². The molecule has 0 N–H and O–H groups in total. The Kier molecular flexibility index (Phi) is 3.69. The highest BCUT2D eigenvalue weighted by atomic mass is 35.5. The van der Waals surface area contributed by atoms with Crippen LogP contribution < -0.4 is 4.90 Å². The van der Waals surface area contributed by atoms with Crippen LogP contribution in [0.4, 0.5) is 5.82 Å². The molecule has 0 amide bonds. The van der Waals surface area contributed by atoms with Crippen LogP contribution in [0.15, 0.2) is 11.6 Å². The van der Waals surface area contributed by atoms with Crippen LogP contribution in [-0.4, -0.2) is 34.7 Å². The summed E-state index contributed by atoms with van der Waals surface area (Å²) in [5.74, 6) is 1.51. The predicted octanol–water partition coefficient (Wildman–Crippen LogP) is 3.14. The van der Waals surface area contributed by atoms with E-state index in [0.717, 1.165) is 36.0 Å². The zero-order valence-corrected chi connectivity index (χ0v) is 12.7. The Morgan fingerprint density at radius 1 is 1.58 bits per heavy atom. The lowest BCUT2D eigenvalue weighted by Crippen LogP contribution is -2.49. The number of fused-ring (bicyclic) bond motifs is 1. The largest absolute Gasteiger partial charge is 0.375 e. The number of hydrogen-bond acceptors (Lipinski definition) is 4. The first kappa shape index (κ1) is 13.2. The van der Waals surface area contributed by atoms with Crippen molar-refractivity contribution in [2.24, 2.45) is 0 Å². The van der Waals surface area contributed by atoms with Gasteiger partial charge in [-0.25, -0.2) is 4.98 Å². The van der Waals surface area contributed by atoms with Gasteiger partial charge >= 0.3 is 0 Å². The summed E-state index contributed by atoms with van der Waals surface area (Å²) in [6.07, 6.45) is 3.34. The molecule has 2 atom stereocenters. The van der Waals surface area contributed by atoms with Crippen molar-refractivity contribution in [3.8, 4) is 0 Å². The Morgan fingerprint density at radius 2 is 2.42 bits per heavy atom. The summed E-state index contributed by atoms with van der Waals surface area (Å²) in [4.78, 5) is 8.15. The second-order valence-corrected chi connectivity index (χ2v) is 6.07. The van der Waals surface area contributed by atoms with Crippen LogP contribution in [0.25, 0.3) is 4.96 Å². The van der Waals surface area contributed by atoms with Crippen molar-refractivity contribution in [1.82, 2.24) is 9.38 Å². The Hall–Kier alpha value is -0.780. The predicted molar refractivity (Wildman–Crippen MR) is 79.5 cm³/mol. The second-order valence-electron chi connectivity index (χ2n) is 4.93. The molecule has 0 radical (unpaired) electrons. The molecule has 3 rings (SSSR count). The number of morpholine rings is 1. The fourth-order valence-electron chi connectivity index (χ4n) is 2.62. The summed E-state index contributed by atoms with van der Waals surface area (Å²) in [6.45, 7) is 5.95. The molecule has 1 fully saturated rings. The van der Waals surface area contributed by atoms with E-state index in [4.69, 9.17) is 21.3 Å². The normalized spacial score (nSPS) is 24.3. The lowest BCUT2D eigenvalue weighted by molar-refractivity contribution is 0.0296. The molecule has 1 aliphatic heterocycles. The summed E-state index contributed by atoms with van der Waals surface area (Å²) in [5, 5.41) is 2.04. The Bertz CT molecular complexity index is 567. The molecule has 0 aliphatic carbocycles. The number of hydrogen-bond donors (Lipinski definition) is 0. The van der Waals surface area contributed by atoms with E-state index < -0.39 is 0 Å². The molecule has 2 aromatic heterocycles. The van der Waals surface area contributed by atoms with Crippen molar-refractivity contribution < 1.29 is 4.74 Å². The van der Waals surface area contributed by atoms with E-state index in [1.165, 1.54) is 0 Å². The molecular weight excluding hydrogens is 282 g/mol. The van der Waals surface area contributed by atoms with Gasteiger partial charge in [-0.05, 0) is 13.3 Å². The van der Waals surface area contributed by atoms with Gasteiger partial charge in [0.25, 0.3) is 0 Å². The molecule has 3 heterocycles. The minimum atomic E-state index is 0.241. The van der Waals surface area contributed by atoms with Gasteiger partial charge in [-0.2, -0.15) is 0 Å². The quantitative estimate of drug-likeness (QED) is 0.816. The van der Waals surface area contributed by atoms with Crippen molar-refractivity contribution in [3.63, 3.8) is 0 Å². The van der Waals surface area contributed by atoms with Crippen molar-refractivity contribution in [2.75, 3.05) is 18.1 Å². The molecule has 0 spiro atoms. The van der Waals surface area contributed by atoms with Crippen LogP contribution in [0.2, 0.25) is 0 Å². The Balaban J connectivity index is 2.03. The van der Waals surface area contributed by atoms with Crippen molar-refractivity contribution in [3.05, 3.63) is 17.3 Å². The van der Waals surface area contributed by atoms with Crippen molar-refractivity contribution in [2.45, 2.75) is 38.3 Å². The Labute approximate surface area is 121 Å². The average Bonchev–Trinajstić information content (AvgIpc) is 2.98. The maximum Gasteiger partial charge on any atom is 0.195 e. The number of ether oxygens (including phenoxy) is 1. The minimum Gasteiger partial charge on any atom is -0.375 e. The molecule has 0 saturated carbocycles. The number of rotatable bonds is 3. The number of thiazole rings is 1. The van der Waals surface area contributed by atoms with E-state index >= 15 is 0 Å². The van der Waals surface area contributed by atoms with Gasteiger partial charge in [0, 0.05) is 18.1 Å². The summed E-state index contributed by atoms with van der Waals surface area (Å²) in [7, 11) is 0. The van der Waals surface area contributed by atoms with Crippen LogP contribution in [-0.2, 0) is 10.6 Å². The molecule has 2 aromatic rings. The van der Waals surface area contributed by atoms with Crippen molar-refractivity contribution >= 4 is 33.7 Å². The lowest BCUT2D eigenvalue weighted by atomic mass is 10.1. The van der Waals surface area contributed by atoms with Crippen LogP contribution in [0, 0.1) is 0 Å². The van der Waals surface area contributed by atoms with E-state index in [0.29, 0.717) is 11.9 Å². The third-order valence-electron chi connectivity index (χ3n) is 3.68. The lowest BCUT2D eigenvalue weighted by Gasteiger charge is -2.39. The topological polar surface area (TPSA) is 29.8 Å². The first-order valence-corrected chi connectivity index (χ1v) is 8.04. The van der Waals surface area contributed by atoms with Gasteiger partial charge in [-0.3, -0.25) is 4.40 Å². The molecule has 104 valence electrons. The molecule has 4 nitrogen and oxygen atoms in total. The van der Waals surface area contributed by atoms with Gasteiger partial charge in [0.15, 0.2) is 10.8 Å². The fourth-order valence-corrected chi connectivity index (χ4v) is 3.59. The first-order valence-electron chi connectivity index (χ1n) is 6.63. The molecule has 0 bridgehead atoms. The molecular formula is C13H18ClN3OS. The molecule has 1 aliphatic rings. The number of halogens is 1. The molecule has 6 heteroatoms. The van der Waals surface area contributed by atoms with E-state index in [9.17, 15) is 0 Å². The SMILES string of the molecule is CCC1COC(C)CN1c1nc2sccn2c1CCl. The van der Waals surface area contributed by atoms with Gasteiger partial charge in [-0.15, -0.1) is 22.9 Å².